The zero-order chi connectivity index (χ0) is 20.4. The summed E-state index contributed by atoms with van der Waals surface area (Å²) in [7, 11) is 3.85. The molecule has 2 aromatic carbocycles. The van der Waals surface area contributed by atoms with Crippen LogP contribution in [0.3, 0.4) is 0 Å². The van der Waals surface area contributed by atoms with Gasteiger partial charge in [-0.3, -0.25) is 4.90 Å². The van der Waals surface area contributed by atoms with Gasteiger partial charge in [-0.25, -0.2) is 4.99 Å². The molecule has 28 heavy (non-hydrogen) atoms. The fourth-order valence-corrected chi connectivity index (χ4v) is 2.85. The molecule has 0 aliphatic heterocycles. The molecule has 152 valence electrons. The van der Waals surface area contributed by atoms with E-state index in [-0.39, 0.29) is 0 Å². The van der Waals surface area contributed by atoms with Gasteiger partial charge in [0.1, 0.15) is 5.75 Å². The Kier molecular flexibility index (Phi) is 8.82. The Morgan fingerprint density at radius 1 is 1.00 bits per heavy atom. The summed E-state index contributed by atoms with van der Waals surface area (Å²) < 4.78 is 5.42. The van der Waals surface area contributed by atoms with Crippen molar-refractivity contribution in [1.29, 1.82) is 0 Å². The van der Waals surface area contributed by atoms with Crippen molar-refractivity contribution in [3.63, 3.8) is 0 Å². The Labute approximate surface area is 169 Å². The van der Waals surface area contributed by atoms with E-state index in [1.807, 2.05) is 24.3 Å². The van der Waals surface area contributed by atoms with E-state index in [0.717, 1.165) is 36.9 Å². The Morgan fingerprint density at radius 2 is 1.64 bits per heavy atom. The predicted molar refractivity (Wildman–Crippen MR) is 118 cm³/mol. The van der Waals surface area contributed by atoms with Crippen LogP contribution in [0.5, 0.6) is 5.75 Å². The highest BCUT2D eigenvalue weighted by Crippen LogP contribution is 2.18. The Bertz CT molecular complexity index is 758. The zero-order valence-electron chi connectivity index (χ0n) is 17.8. The first-order chi connectivity index (χ1) is 13.5. The highest BCUT2D eigenvalue weighted by atomic mass is 16.5. The molecule has 2 rings (SSSR count). The number of para-hydroxylation sites is 1. The quantitative estimate of drug-likeness (QED) is 0.512. The summed E-state index contributed by atoms with van der Waals surface area (Å²) in [4.78, 5) is 7.08. The molecule has 0 bridgehead atoms. The van der Waals surface area contributed by atoms with E-state index in [0.29, 0.717) is 12.6 Å². The largest absolute Gasteiger partial charge is 0.496 e. The molecule has 5 heteroatoms. The third kappa shape index (κ3) is 6.57. The van der Waals surface area contributed by atoms with E-state index in [1.54, 1.807) is 7.11 Å². The molecular formula is C23H34N4O. The smallest absolute Gasteiger partial charge is 0.191 e. The van der Waals surface area contributed by atoms with Crippen molar-refractivity contribution in [1.82, 2.24) is 15.5 Å². The van der Waals surface area contributed by atoms with Crippen molar-refractivity contribution in [3.05, 3.63) is 65.2 Å². The van der Waals surface area contributed by atoms with Gasteiger partial charge in [0.15, 0.2) is 5.96 Å². The number of aliphatic imine (C=N–C) groups is 1. The van der Waals surface area contributed by atoms with Crippen molar-refractivity contribution in [2.24, 2.45) is 4.99 Å². The molecule has 2 aromatic rings. The van der Waals surface area contributed by atoms with E-state index in [4.69, 9.17) is 9.73 Å². The van der Waals surface area contributed by atoms with Gasteiger partial charge in [0.05, 0.1) is 13.7 Å². The fraction of sp³-hybridized carbons (Fsp3) is 0.435. The number of methoxy groups -OCH3 is 1. The van der Waals surface area contributed by atoms with Crippen LogP contribution in [-0.2, 0) is 19.6 Å². The summed E-state index contributed by atoms with van der Waals surface area (Å²) in [5, 5.41) is 6.79. The van der Waals surface area contributed by atoms with E-state index < -0.39 is 0 Å². The Balaban J connectivity index is 2.07. The molecule has 0 saturated carbocycles. The van der Waals surface area contributed by atoms with Crippen molar-refractivity contribution in [3.8, 4) is 5.75 Å². The van der Waals surface area contributed by atoms with Crippen LogP contribution in [0.2, 0.25) is 0 Å². The molecular weight excluding hydrogens is 348 g/mol. The highest BCUT2D eigenvalue weighted by molar-refractivity contribution is 5.79. The predicted octanol–water partition coefficient (Wildman–Crippen LogP) is 3.79. The lowest BCUT2D eigenvalue weighted by atomic mass is 10.1. The number of hydrogen-bond acceptors (Lipinski definition) is 3. The van der Waals surface area contributed by atoms with Crippen molar-refractivity contribution in [2.75, 3.05) is 20.7 Å². The number of ether oxygens (including phenoxy) is 1. The van der Waals surface area contributed by atoms with Gasteiger partial charge in [0.25, 0.3) is 0 Å². The van der Waals surface area contributed by atoms with Crippen LogP contribution < -0.4 is 15.4 Å². The minimum absolute atomic E-state index is 0.515. The maximum atomic E-state index is 5.42. The Morgan fingerprint density at radius 3 is 2.29 bits per heavy atom. The van der Waals surface area contributed by atoms with Gasteiger partial charge >= 0.3 is 0 Å². The molecule has 0 aliphatic rings. The first kappa shape index (κ1) is 21.8. The van der Waals surface area contributed by atoms with E-state index >= 15 is 0 Å². The second-order valence-corrected chi connectivity index (χ2v) is 7.14. The van der Waals surface area contributed by atoms with Crippen LogP contribution in [0.25, 0.3) is 0 Å². The van der Waals surface area contributed by atoms with Crippen LogP contribution in [0, 0.1) is 0 Å². The molecule has 0 radical (unpaired) electrons. The first-order valence-electron chi connectivity index (χ1n) is 9.96. The van der Waals surface area contributed by atoms with E-state index in [2.05, 4.69) is 67.6 Å². The van der Waals surface area contributed by atoms with Gasteiger partial charge in [0, 0.05) is 31.2 Å². The van der Waals surface area contributed by atoms with Crippen LogP contribution in [-0.4, -0.2) is 37.6 Å². The minimum atomic E-state index is 0.515. The summed E-state index contributed by atoms with van der Waals surface area (Å²) in [6.45, 7) is 9.56. The molecule has 2 N–H and O–H groups in total. The van der Waals surface area contributed by atoms with Gasteiger partial charge in [-0.15, -0.1) is 0 Å². The molecule has 0 saturated heterocycles. The number of benzene rings is 2. The van der Waals surface area contributed by atoms with Crippen LogP contribution >= 0.6 is 0 Å². The lowest BCUT2D eigenvalue weighted by Gasteiger charge is -2.23. The average Bonchev–Trinajstić information content (AvgIpc) is 2.71. The topological polar surface area (TPSA) is 48.9 Å². The minimum Gasteiger partial charge on any atom is -0.496 e. The van der Waals surface area contributed by atoms with Gasteiger partial charge in [-0.2, -0.15) is 0 Å². The standard InChI is InChI=1S/C23H34N4O/c1-6-24-23(26-16-20-12-9-10-14-22(20)28-5)25-15-19-11-7-8-13-21(19)17-27(4)18(2)3/h7-14,18H,6,15-17H2,1-5H3,(H2,24,25,26). The molecule has 0 amide bonds. The molecule has 0 aliphatic carbocycles. The molecule has 0 fully saturated rings. The summed E-state index contributed by atoms with van der Waals surface area (Å²) in [6.07, 6.45) is 0. The average molecular weight is 383 g/mol. The van der Waals surface area contributed by atoms with E-state index in [9.17, 15) is 0 Å². The van der Waals surface area contributed by atoms with Crippen LogP contribution in [0.4, 0.5) is 0 Å². The fourth-order valence-electron chi connectivity index (χ4n) is 2.85. The zero-order valence-corrected chi connectivity index (χ0v) is 17.8. The van der Waals surface area contributed by atoms with E-state index in [1.165, 1.54) is 11.1 Å². The van der Waals surface area contributed by atoms with Crippen molar-refractivity contribution >= 4 is 5.96 Å². The first-order valence-corrected chi connectivity index (χ1v) is 9.96. The van der Waals surface area contributed by atoms with Gasteiger partial charge in [-0.05, 0) is 45.0 Å². The summed E-state index contributed by atoms with van der Waals surface area (Å²) in [5.74, 6) is 1.67. The number of guanidine groups is 1. The third-order valence-electron chi connectivity index (χ3n) is 4.81. The second kappa shape index (κ2) is 11.3. The molecule has 0 aromatic heterocycles. The van der Waals surface area contributed by atoms with Crippen LogP contribution in [0.15, 0.2) is 53.5 Å². The monoisotopic (exact) mass is 382 g/mol. The second-order valence-electron chi connectivity index (χ2n) is 7.14. The maximum Gasteiger partial charge on any atom is 0.191 e. The molecule has 0 atom stereocenters. The van der Waals surface area contributed by atoms with Gasteiger partial charge in [0.2, 0.25) is 0 Å². The third-order valence-corrected chi connectivity index (χ3v) is 4.81. The lowest BCUT2D eigenvalue weighted by Crippen LogP contribution is -2.37. The normalized spacial score (nSPS) is 11.8. The molecule has 5 nitrogen and oxygen atoms in total. The van der Waals surface area contributed by atoms with Crippen molar-refractivity contribution < 1.29 is 4.74 Å². The Hall–Kier alpha value is -2.53. The molecule has 0 spiro atoms. The number of nitrogens with zero attached hydrogens (tertiary/aromatic N) is 2. The van der Waals surface area contributed by atoms with Gasteiger partial charge in [-0.1, -0.05) is 42.5 Å². The lowest BCUT2D eigenvalue weighted by molar-refractivity contribution is 0.265. The number of rotatable bonds is 9. The highest BCUT2D eigenvalue weighted by Gasteiger charge is 2.09. The SMILES string of the molecule is CCNC(=NCc1ccccc1OC)NCc1ccccc1CN(C)C(C)C. The summed E-state index contributed by atoms with van der Waals surface area (Å²) in [6, 6.07) is 17.1. The summed E-state index contributed by atoms with van der Waals surface area (Å²) >= 11 is 0. The molecule has 0 unspecified atom stereocenters. The molecule has 0 heterocycles. The van der Waals surface area contributed by atoms with Gasteiger partial charge < -0.3 is 15.4 Å². The number of hydrogen-bond donors (Lipinski definition) is 2. The number of nitrogens with one attached hydrogen (secondary N) is 2. The van der Waals surface area contributed by atoms with Crippen LogP contribution in [0.1, 0.15) is 37.5 Å². The maximum absolute atomic E-state index is 5.42. The summed E-state index contributed by atoms with van der Waals surface area (Å²) in [5.41, 5.74) is 3.70. The van der Waals surface area contributed by atoms with Crippen molar-refractivity contribution in [2.45, 2.75) is 46.4 Å².